The van der Waals surface area contributed by atoms with Crippen LogP contribution in [0.3, 0.4) is 0 Å². The Bertz CT molecular complexity index is 431. The molecule has 0 spiro atoms. The second-order valence-corrected chi connectivity index (χ2v) is 8.73. The molecule has 28 heavy (non-hydrogen) atoms. The largest absolute Gasteiger partial charge is 0.381 e. The minimum atomic E-state index is -0.287. The summed E-state index contributed by atoms with van der Waals surface area (Å²) < 4.78 is 10.9. The molecule has 0 aromatic heterocycles. The van der Waals surface area contributed by atoms with Crippen molar-refractivity contribution in [2.45, 2.75) is 85.0 Å². The van der Waals surface area contributed by atoms with Gasteiger partial charge in [-0.2, -0.15) is 0 Å². The van der Waals surface area contributed by atoms with Gasteiger partial charge in [-0.1, -0.05) is 33.1 Å². The van der Waals surface area contributed by atoms with E-state index in [-0.39, 0.29) is 13.3 Å². The van der Waals surface area contributed by atoms with Crippen LogP contribution in [0.15, 0.2) is 0 Å². The zero-order valence-electron chi connectivity index (χ0n) is 18.4. The molecule has 166 valence electrons. The maximum absolute atomic E-state index is 11.5. The third kappa shape index (κ3) is 11.2. The van der Waals surface area contributed by atoms with Crippen LogP contribution < -0.4 is 5.73 Å². The van der Waals surface area contributed by atoms with Gasteiger partial charge in [0, 0.05) is 39.5 Å². The number of amides is 1. The van der Waals surface area contributed by atoms with Gasteiger partial charge in [-0.05, 0) is 57.3 Å². The predicted octanol–water partition coefficient (Wildman–Crippen LogP) is 4.76. The third-order valence-corrected chi connectivity index (χ3v) is 5.95. The Morgan fingerprint density at radius 1 is 0.929 bits per heavy atom. The standard InChI is InChI=1S/C13H25NO3.C10H18O.H2/c1-2-16-9-11-3-5-12(6-4-11)10-17-8-7-13(14)15;1-8(2)10(11)9-6-4-3-5-7-9;/h11-12H,2-10H2,1H3,(H2,14,15);8-9H,3-7H2,1-2H3;1H. The molecule has 2 N–H and O–H groups in total. The summed E-state index contributed by atoms with van der Waals surface area (Å²) in [5.74, 6) is 2.24. The molecule has 5 nitrogen and oxygen atoms in total. The van der Waals surface area contributed by atoms with Crippen LogP contribution in [-0.2, 0) is 19.1 Å². The molecule has 1 amide bonds. The van der Waals surface area contributed by atoms with Crippen LogP contribution in [0.25, 0.3) is 0 Å². The van der Waals surface area contributed by atoms with E-state index in [1.807, 2.05) is 20.8 Å². The molecule has 2 aliphatic carbocycles. The van der Waals surface area contributed by atoms with Crippen molar-refractivity contribution in [3.8, 4) is 0 Å². The molecule has 2 fully saturated rings. The van der Waals surface area contributed by atoms with Gasteiger partial charge in [0.05, 0.1) is 6.61 Å². The number of ether oxygens (including phenoxy) is 2. The lowest BCUT2D eigenvalue weighted by Gasteiger charge is -2.28. The monoisotopic (exact) mass is 399 g/mol. The van der Waals surface area contributed by atoms with E-state index in [2.05, 4.69) is 0 Å². The fourth-order valence-electron chi connectivity index (χ4n) is 4.13. The summed E-state index contributed by atoms with van der Waals surface area (Å²) in [6, 6.07) is 0. The van der Waals surface area contributed by atoms with Crippen molar-refractivity contribution in [2.75, 3.05) is 26.4 Å². The maximum atomic E-state index is 11.5. The van der Waals surface area contributed by atoms with Crippen molar-refractivity contribution in [1.29, 1.82) is 0 Å². The molecule has 5 heteroatoms. The summed E-state index contributed by atoms with van der Waals surface area (Å²) >= 11 is 0. The van der Waals surface area contributed by atoms with Crippen LogP contribution in [0.5, 0.6) is 0 Å². The molecule has 0 unspecified atom stereocenters. The number of nitrogens with two attached hydrogens (primary N) is 1. The summed E-state index contributed by atoms with van der Waals surface area (Å²) in [5, 5.41) is 0. The fourth-order valence-corrected chi connectivity index (χ4v) is 4.13. The Hall–Kier alpha value is -0.940. The van der Waals surface area contributed by atoms with Gasteiger partial charge < -0.3 is 15.2 Å². The smallest absolute Gasteiger partial charge is 0.219 e. The number of hydrogen-bond donors (Lipinski definition) is 1. The Morgan fingerprint density at radius 2 is 1.46 bits per heavy atom. The predicted molar refractivity (Wildman–Crippen MR) is 115 cm³/mol. The number of Topliss-reactive ketones (excluding diaryl/α,β-unsaturated/α-hetero) is 1. The molecule has 2 aliphatic rings. The number of hydrogen-bond acceptors (Lipinski definition) is 4. The number of carbonyl (C=O) groups excluding carboxylic acids is 2. The van der Waals surface area contributed by atoms with E-state index in [1.165, 1.54) is 44.9 Å². The first-order valence-electron chi connectivity index (χ1n) is 11.4. The zero-order chi connectivity index (χ0) is 20.8. The summed E-state index contributed by atoms with van der Waals surface area (Å²) in [6.07, 6.45) is 11.4. The third-order valence-electron chi connectivity index (χ3n) is 5.95. The normalized spacial score (nSPS) is 23.1. The number of rotatable bonds is 10. The van der Waals surface area contributed by atoms with E-state index in [9.17, 15) is 9.59 Å². The summed E-state index contributed by atoms with van der Waals surface area (Å²) in [5.41, 5.74) is 5.04. The van der Waals surface area contributed by atoms with Crippen molar-refractivity contribution in [3.05, 3.63) is 0 Å². The molecule has 2 rings (SSSR count). The number of primary amides is 1. The first-order chi connectivity index (χ1) is 13.4. The van der Waals surface area contributed by atoms with Gasteiger partial charge in [-0.15, -0.1) is 0 Å². The van der Waals surface area contributed by atoms with Gasteiger partial charge >= 0.3 is 0 Å². The minimum Gasteiger partial charge on any atom is -0.381 e. The molecule has 0 aliphatic heterocycles. The van der Waals surface area contributed by atoms with Crippen LogP contribution in [0.4, 0.5) is 0 Å². The number of carbonyl (C=O) groups is 2. The van der Waals surface area contributed by atoms with Gasteiger partial charge in [0.1, 0.15) is 5.78 Å². The average molecular weight is 400 g/mol. The van der Waals surface area contributed by atoms with Crippen LogP contribution in [-0.4, -0.2) is 38.1 Å². The van der Waals surface area contributed by atoms with E-state index in [1.54, 1.807) is 0 Å². The Balaban J connectivity index is 0.000000568. The van der Waals surface area contributed by atoms with Gasteiger partial charge in [0.2, 0.25) is 5.91 Å². The average Bonchev–Trinajstić information content (AvgIpc) is 2.71. The van der Waals surface area contributed by atoms with Crippen molar-refractivity contribution >= 4 is 11.7 Å². The number of ketones is 1. The molecule has 0 saturated heterocycles. The van der Waals surface area contributed by atoms with E-state index in [0.29, 0.717) is 30.6 Å². The Kier molecular flexibility index (Phi) is 13.4. The van der Waals surface area contributed by atoms with Crippen molar-refractivity contribution in [3.63, 3.8) is 0 Å². The topological polar surface area (TPSA) is 78.6 Å². The lowest BCUT2D eigenvalue weighted by Crippen LogP contribution is -2.22. The summed E-state index contributed by atoms with van der Waals surface area (Å²) in [6.45, 7) is 9.02. The van der Waals surface area contributed by atoms with E-state index in [4.69, 9.17) is 15.2 Å². The molecular formula is C23H45NO4. The highest BCUT2D eigenvalue weighted by Crippen LogP contribution is 2.29. The molecule has 0 aromatic rings. The van der Waals surface area contributed by atoms with Crippen LogP contribution >= 0.6 is 0 Å². The highest BCUT2D eigenvalue weighted by atomic mass is 16.5. The zero-order valence-corrected chi connectivity index (χ0v) is 18.4. The second-order valence-electron chi connectivity index (χ2n) is 8.73. The Morgan fingerprint density at radius 3 is 1.93 bits per heavy atom. The van der Waals surface area contributed by atoms with E-state index in [0.717, 1.165) is 38.6 Å². The van der Waals surface area contributed by atoms with Crippen molar-refractivity contribution < 1.29 is 20.5 Å². The molecule has 2 saturated carbocycles. The molecule has 0 radical (unpaired) electrons. The minimum absolute atomic E-state index is 0. The molecular weight excluding hydrogens is 354 g/mol. The first-order valence-corrected chi connectivity index (χ1v) is 11.4. The van der Waals surface area contributed by atoms with Crippen LogP contribution in [0, 0.1) is 23.7 Å². The fraction of sp³-hybridized carbons (Fsp3) is 0.913. The maximum Gasteiger partial charge on any atom is 0.219 e. The molecule has 0 heterocycles. The lowest BCUT2D eigenvalue weighted by molar-refractivity contribution is -0.126. The van der Waals surface area contributed by atoms with Crippen LogP contribution in [0.1, 0.15) is 86.4 Å². The van der Waals surface area contributed by atoms with Gasteiger partial charge in [-0.25, -0.2) is 0 Å². The SMILES string of the molecule is CC(C)C(=O)C1CCCCC1.CCOCC1CCC(COCCC(N)=O)CC1.[HH]. The van der Waals surface area contributed by atoms with Crippen LogP contribution in [0.2, 0.25) is 0 Å². The quantitative estimate of drug-likeness (QED) is 0.537. The summed E-state index contributed by atoms with van der Waals surface area (Å²) in [4.78, 5) is 22.0. The van der Waals surface area contributed by atoms with E-state index < -0.39 is 0 Å². The molecule has 0 bridgehead atoms. The second kappa shape index (κ2) is 15.0. The van der Waals surface area contributed by atoms with Gasteiger partial charge in [0.15, 0.2) is 0 Å². The first kappa shape index (κ1) is 25.1. The highest BCUT2D eigenvalue weighted by molar-refractivity contribution is 5.82. The summed E-state index contributed by atoms with van der Waals surface area (Å²) in [7, 11) is 0. The van der Waals surface area contributed by atoms with Crippen molar-refractivity contribution in [2.24, 2.45) is 29.4 Å². The van der Waals surface area contributed by atoms with Gasteiger partial charge in [0.25, 0.3) is 0 Å². The Labute approximate surface area is 173 Å². The molecule has 0 atom stereocenters. The van der Waals surface area contributed by atoms with Gasteiger partial charge in [-0.3, -0.25) is 9.59 Å². The molecule has 0 aromatic carbocycles. The van der Waals surface area contributed by atoms with Crippen molar-refractivity contribution in [1.82, 2.24) is 0 Å². The van der Waals surface area contributed by atoms with E-state index >= 15 is 0 Å². The highest BCUT2D eigenvalue weighted by Gasteiger charge is 2.23. The lowest BCUT2D eigenvalue weighted by atomic mass is 9.83.